The number of hydrazone groups is 1. The van der Waals surface area contributed by atoms with Crippen molar-refractivity contribution in [3.05, 3.63) is 75.3 Å². The Morgan fingerprint density at radius 2 is 2.06 bits per heavy atom. The van der Waals surface area contributed by atoms with Crippen molar-refractivity contribution in [3.8, 4) is 5.69 Å². The van der Waals surface area contributed by atoms with Crippen LogP contribution in [0.1, 0.15) is 29.0 Å². The number of hydrogen-bond donors (Lipinski definition) is 1. The fraction of sp³-hybridized carbons (Fsp3) is 0.217. The first-order chi connectivity index (χ1) is 15.7. The monoisotopic (exact) mass is 464 g/mol. The Balaban J connectivity index is 1.46. The summed E-state index contributed by atoms with van der Waals surface area (Å²) in [5.41, 5.74) is 4.30. The zero-order valence-electron chi connectivity index (χ0n) is 17.1. The maximum absolute atomic E-state index is 13.6. The van der Waals surface area contributed by atoms with Crippen LogP contribution in [0.15, 0.2) is 68.2 Å². The summed E-state index contributed by atoms with van der Waals surface area (Å²) in [7, 11) is 0. The van der Waals surface area contributed by atoms with Crippen LogP contribution in [0.3, 0.4) is 0 Å². The molecular formula is C23H20N4O3S2. The number of carbonyl (C=O) groups is 1. The second-order valence-corrected chi connectivity index (χ2v) is 9.38. The van der Waals surface area contributed by atoms with Crippen molar-refractivity contribution in [1.29, 1.82) is 0 Å². The van der Waals surface area contributed by atoms with Crippen molar-refractivity contribution in [2.75, 3.05) is 5.75 Å². The zero-order chi connectivity index (χ0) is 21.9. The summed E-state index contributed by atoms with van der Waals surface area (Å²) in [6.07, 6.45) is 7.13. The first-order valence-electron chi connectivity index (χ1n) is 10.3. The maximum Gasteiger partial charge on any atom is 0.267 e. The van der Waals surface area contributed by atoms with Crippen LogP contribution >= 0.6 is 23.1 Å². The molecule has 4 aromatic rings. The average molecular weight is 465 g/mol. The second kappa shape index (κ2) is 9.13. The van der Waals surface area contributed by atoms with Gasteiger partial charge in [-0.2, -0.15) is 5.10 Å². The fourth-order valence-electron chi connectivity index (χ4n) is 3.78. The van der Waals surface area contributed by atoms with Crippen molar-refractivity contribution in [2.24, 2.45) is 5.10 Å². The van der Waals surface area contributed by atoms with Gasteiger partial charge < -0.3 is 4.42 Å². The molecule has 0 saturated carbocycles. The van der Waals surface area contributed by atoms with Crippen LogP contribution in [0.25, 0.3) is 15.9 Å². The zero-order valence-corrected chi connectivity index (χ0v) is 18.7. The van der Waals surface area contributed by atoms with Crippen molar-refractivity contribution in [2.45, 2.75) is 30.8 Å². The van der Waals surface area contributed by atoms with Crippen molar-refractivity contribution in [3.63, 3.8) is 0 Å². The minimum absolute atomic E-state index is 0.0700. The van der Waals surface area contributed by atoms with Crippen molar-refractivity contribution in [1.82, 2.24) is 15.0 Å². The standard InChI is InChI=1S/C23H20N4O3S2/c28-19(26-24-13-16-9-6-12-30-16)14-31-23-25-21-20(17-10-4-5-11-18(17)32-21)22(29)27(23)15-7-2-1-3-8-15/h1-3,6-9,12-13H,4-5,10-11,14H2,(H,26,28). The third kappa shape index (κ3) is 4.13. The lowest BCUT2D eigenvalue weighted by atomic mass is 9.97. The van der Waals surface area contributed by atoms with E-state index >= 15 is 0 Å². The average Bonchev–Trinajstić information content (AvgIpc) is 3.46. The summed E-state index contributed by atoms with van der Waals surface area (Å²) in [5.74, 6) is 0.327. The number of furan rings is 1. The van der Waals surface area contributed by atoms with E-state index in [0.717, 1.165) is 47.2 Å². The molecule has 0 atom stereocenters. The lowest BCUT2D eigenvalue weighted by molar-refractivity contribution is -0.118. The number of carbonyl (C=O) groups excluding carboxylic acids is 1. The topological polar surface area (TPSA) is 89.5 Å². The summed E-state index contributed by atoms with van der Waals surface area (Å²) in [6, 6.07) is 12.9. The Morgan fingerprint density at radius 3 is 2.88 bits per heavy atom. The molecule has 1 N–H and O–H groups in total. The largest absolute Gasteiger partial charge is 0.463 e. The molecule has 3 heterocycles. The molecule has 1 amide bonds. The number of nitrogens with zero attached hydrogens (tertiary/aromatic N) is 3. The normalized spacial score (nSPS) is 13.5. The Bertz CT molecular complexity index is 1340. The number of hydrogen-bond acceptors (Lipinski definition) is 7. The SMILES string of the molecule is O=C(CSc1nc2sc3c(c2c(=O)n1-c1ccccc1)CCCC3)NN=Cc1ccco1. The molecule has 3 aromatic heterocycles. The van der Waals surface area contributed by atoms with Crippen molar-refractivity contribution >= 4 is 45.4 Å². The summed E-state index contributed by atoms with van der Waals surface area (Å²) in [5, 5.41) is 5.12. The molecular weight excluding hydrogens is 444 g/mol. The van der Waals surface area contributed by atoms with Crippen LogP contribution in [-0.4, -0.2) is 27.4 Å². The van der Waals surface area contributed by atoms with E-state index in [2.05, 4.69) is 10.5 Å². The molecule has 0 radical (unpaired) electrons. The lowest BCUT2D eigenvalue weighted by Crippen LogP contribution is -2.24. The van der Waals surface area contributed by atoms with Gasteiger partial charge in [-0.25, -0.2) is 10.4 Å². The molecule has 1 aromatic carbocycles. The Morgan fingerprint density at radius 1 is 1.22 bits per heavy atom. The van der Waals surface area contributed by atoms with E-state index in [9.17, 15) is 9.59 Å². The molecule has 0 aliphatic heterocycles. The van der Waals surface area contributed by atoms with Crippen LogP contribution in [-0.2, 0) is 17.6 Å². The number of para-hydroxylation sites is 1. The predicted octanol–water partition coefficient (Wildman–Crippen LogP) is 4.16. The highest BCUT2D eigenvalue weighted by Crippen LogP contribution is 2.35. The summed E-state index contributed by atoms with van der Waals surface area (Å²) >= 11 is 2.83. The number of nitrogens with one attached hydrogen (secondary N) is 1. The molecule has 5 rings (SSSR count). The molecule has 0 bridgehead atoms. The van der Waals surface area contributed by atoms with Crippen molar-refractivity contribution < 1.29 is 9.21 Å². The Kier molecular flexibility index (Phi) is 5.91. The summed E-state index contributed by atoms with van der Waals surface area (Å²) in [4.78, 5) is 32.8. The van der Waals surface area contributed by atoms with Crippen LogP contribution in [0.4, 0.5) is 0 Å². The number of rotatable bonds is 6. The van der Waals surface area contributed by atoms with Crippen LogP contribution in [0, 0.1) is 0 Å². The smallest absolute Gasteiger partial charge is 0.267 e. The molecule has 1 aliphatic carbocycles. The predicted molar refractivity (Wildman–Crippen MR) is 127 cm³/mol. The molecule has 9 heteroatoms. The molecule has 0 spiro atoms. The van der Waals surface area contributed by atoms with Crippen LogP contribution < -0.4 is 11.0 Å². The quantitative estimate of drug-likeness (QED) is 0.200. The van der Waals surface area contributed by atoms with E-state index in [0.29, 0.717) is 10.9 Å². The third-order valence-corrected chi connectivity index (χ3v) is 7.35. The van der Waals surface area contributed by atoms with Gasteiger partial charge >= 0.3 is 0 Å². The summed E-state index contributed by atoms with van der Waals surface area (Å²) in [6.45, 7) is 0. The van der Waals surface area contributed by atoms with Gasteiger partial charge in [0, 0.05) is 4.88 Å². The van der Waals surface area contributed by atoms with Gasteiger partial charge in [-0.3, -0.25) is 14.2 Å². The number of benzene rings is 1. The molecule has 0 unspecified atom stereocenters. The number of fused-ring (bicyclic) bond motifs is 3. The van der Waals surface area contributed by atoms with E-state index in [-0.39, 0.29) is 17.2 Å². The van der Waals surface area contributed by atoms with Crippen LogP contribution in [0.2, 0.25) is 0 Å². The number of aryl methyl sites for hydroxylation is 2. The first kappa shape index (κ1) is 20.7. The molecule has 1 aliphatic rings. The third-order valence-electron chi connectivity index (χ3n) is 5.23. The molecule has 0 saturated heterocycles. The van der Waals surface area contributed by atoms with Gasteiger partial charge in [0.2, 0.25) is 0 Å². The van der Waals surface area contributed by atoms with E-state index in [1.54, 1.807) is 28.0 Å². The second-order valence-electron chi connectivity index (χ2n) is 7.36. The number of aromatic nitrogens is 2. The summed E-state index contributed by atoms with van der Waals surface area (Å²) < 4.78 is 6.76. The van der Waals surface area contributed by atoms with E-state index in [1.165, 1.54) is 29.1 Å². The van der Waals surface area contributed by atoms with Gasteiger partial charge in [0.25, 0.3) is 11.5 Å². The maximum atomic E-state index is 13.6. The van der Waals surface area contributed by atoms with Gasteiger partial charge in [-0.1, -0.05) is 30.0 Å². The Hall–Kier alpha value is -3.17. The van der Waals surface area contributed by atoms with E-state index in [4.69, 9.17) is 9.40 Å². The minimum Gasteiger partial charge on any atom is -0.463 e. The van der Waals surface area contributed by atoms with Gasteiger partial charge in [0.15, 0.2) is 5.16 Å². The fourth-order valence-corrected chi connectivity index (χ4v) is 5.89. The van der Waals surface area contributed by atoms with Gasteiger partial charge in [0.05, 0.1) is 29.3 Å². The molecule has 162 valence electrons. The Labute approximate surface area is 192 Å². The van der Waals surface area contributed by atoms with Gasteiger partial charge in [0.1, 0.15) is 10.6 Å². The van der Waals surface area contributed by atoms with Crippen LogP contribution in [0.5, 0.6) is 0 Å². The lowest BCUT2D eigenvalue weighted by Gasteiger charge is -2.13. The molecule has 32 heavy (non-hydrogen) atoms. The van der Waals surface area contributed by atoms with E-state index < -0.39 is 0 Å². The minimum atomic E-state index is -0.294. The van der Waals surface area contributed by atoms with E-state index in [1.807, 2.05) is 30.3 Å². The number of thiophene rings is 1. The van der Waals surface area contributed by atoms with Gasteiger partial charge in [-0.15, -0.1) is 11.3 Å². The molecule has 0 fully saturated rings. The number of thioether (sulfide) groups is 1. The first-order valence-corrected chi connectivity index (χ1v) is 12.1. The highest BCUT2D eigenvalue weighted by atomic mass is 32.2. The highest BCUT2D eigenvalue weighted by molar-refractivity contribution is 7.99. The number of amides is 1. The molecule has 7 nitrogen and oxygen atoms in total. The van der Waals surface area contributed by atoms with Gasteiger partial charge in [-0.05, 0) is 55.5 Å². The highest BCUT2D eigenvalue weighted by Gasteiger charge is 2.23.